The number of halogens is 2. The molecule has 0 unspecified atom stereocenters. The van der Waals surface area contributed by atoms with Crippen LogP contribution in [0.5, 0.6) is 0 Å². The molecule has 1 aliphatic rings. The van der Waals surface area contributed by atoms with Crippen LogP contribution in [0.4, 0.5) is 8.78 Å². The number of esters is 1. The van der Waals surface area contributed by atoms with E-state index < -0.39 is 11.6 Å². The summed E-state index contributed by atoms with van der Waals surface area (Å²) in [6.45, 7) is 0. The largest absolute Gasteiger partial charge is 0.457 e. The van der Waals surface area contributed by atoms with Crippen LogP contribution < -0.4 is 0 Å². The molecule has 2 aromatic carbocycles. The van der Waals surface area contributed by atoms with Gasteiger partial charge in [-0.3, -0.25) is 4.79 Å². The third-order valence-corrected chi connectivity index (χ3v) is 4.89. The summed E-state index contributed by atoms with van der Waals surface area (Å²) in [5.41, 5.74) is 2.02. The molecule has 0 radical (unpaired) electrons. The number of nitrogens with zero attached hydrogens (tertiary/aromatic N) is 1. The average Bonchev–Trinajstić information content (AvgIpc) is 3.15. The molecule has 0 bridgehead atoms. The smallest absolute Gasteiger partial charge is 0.306 e. The van der Waals surface area contributed by atoms with E-state index >= 15 is 0 Å². The molecule has 1 heterocycles. The van der Waals surface area contributed by atoms with E-state index in [0.717, 1.165) is 37.0 Å². The third-order valence-electron chi connectivity index (χ3n) is 4.89. The SMILES string of the molecule is O=C(CCc1ncc(-c2c(F)cccc2F)o1)O[C@H]1CCCc2ccccc21. The lowest BCUT2D eigenvalue weighted by atomic mass is 9.89. The van der Waals surface area contributed by atoms with Gasteiger partial charge in [0.2, 0.25) is 0 Å². The summed E-state index contributed by atoms with van der Waals surface area (Å²) >= 11 is 0. The van der Waals surface area contributed by atoms with Crippen LogP contribution in [-0.2, 0) is 22.4 Å². The number of benzene rings is 2. The van der Waals surface area contributed by atoms with E-state index in [1.807, 2.05) is 18.2 Å². The standard InChI is InChI=1S/C22H19F2NO3/c23-16-8-4-9-17(24)22(16)19-13-25-20(27-19)11-12-21(26)28-18-10-3-6-14-5-1-2-7-15(14)18/h1-2,4-5,7-9,13,18H,3,6,10-12H2/t18-/m0/s1. The highest BCUT2D eigenvalue weighted by atomic mass is 19.1. The molecule has 0 saturated heterocycles. The first-order chi connectivity index (χ1) is 13.6. The van der Waals surface area contributed by atoms with Crippen molar-refractivity contribution >= 4 is 5.97 Å². The second-order valence-corrected chi connectivity index (χ2v) is 6.78. The maximum atomic E-state index is 13.8. The van der Waals surface area contributed by atoms with Crippen LogP contribution in [-0.4, -0.2) is 11.0 Å². The van der Waals surface area contributed by atoms with Gasteiger partial charge in [0, 0.05) is 6.42 Å². The zero-order valence-corrected chi connectivity index (χ0v) is 15.2. The van der Waals surface area contributed by atoms with Crippen molar-refractivity contribution in [1.82, 2.24) is 4.98 Å². The first-order valence-corrected chi connectivity index (χ1v) is 9.28. The molecule has 6 heteroatoms. The lowest BCUT2D eigenvalue weighted by Gasteiger charge is -2.25. The van der Waals surface area contributed by atoms with Gasteiger partial charge >= 0.3 is 5.97 Å². The summed E-state index contributed by atoms with van der Waals surface area (Å²) in [6, 6.07) is 11.6. The molecule has 0 saturated carbocycles. The molecule has 28 heavy (non-hydrogen) atoms. The van der Waals surface area contributed by atoms with E-state index in [1.165, 1.54) is 17.8 Å². The van der Waals surface area contributed by atoms with Crippen molar-refractivity contribution in [2.24, 2.45) is 0 Å². The van der Waals surface area contributed by atoms with Crippen molar-refractivity contribution < 1.29 is 22.7 Å². The van der Waals surface area contributed by atoms with Gasteiger partial charge in [-0.25, -0.2) is 13.8 Å². The van der Waals surface area contributed by atoms with E-state index in [0.29, 0.717) is 0 Å². The Balaban J connectivity index is 1.38. The molecule has 1 aromatic heterocycles. The number of rotatable bonds is 5. The Labute approximate surface area is 161 Å². The minimum absolute atomic E-state index is 0.000162. The molecule has 144 valence electrons. The van der Waals surface area contributed by atoms with Gasteiger partial charge in [0.1, 0.15) is 17.7 Å². The van der Waals surface area contributed by atoms with E-state index in [1.54, 1.807) is 0 Å². The number of fused-ring (bicyclic) bond motifs is 1. The van der Waals surface area contributed by atoms with Crippen molar-refractivity contribution in [1.29, 1.82) is 0 Å². The Hall–Kier alpha value is -3.02. The summed E-state index contributed by atoms with van der Waals surface area (Å²) in [6.07, 6.45) is 4.09. The number of carbonyl (C=O) groups excluding carboxylic acids is 1. The molecule has 0 spiro atoms. The fourth-order valence-electron chi connectivity index (χ4n) is 3.53. The number of carbonyl (C=O) groups is 1. The second kappa shape index (κ2) is 7.92. The Morgan fingerprint density at radius 3 is 2.75 bits per heavy atom. The summed E-state index contributed by atoms with van der Waals surface area (Å²) in [4.78, 5) is 16.3. The third kappa shape index (κ3) is 3.81. The summed E-state index contributed by atoms with van der Waals surface area (Å²) in [7, 11) is 0. The van der Waals surface area contributed by atoms with E-state index in [9.17, 15) is 13.6 Å². The van der Waals surface area contributed by atoms with Crippen LogP contribution >= 0.6 is 0 Å². The van der Waals surface area contributed by atoms with Crippen LogP contribution in [0.15, 0.2) is 53.1 Å². The molecule has 0 N–H and O–H groups in total. The van der Waals surface area contributed by atoms with Gasteiger partial charge in [0.25, 0.3) is 0 Å². The highest BCUT2D eigenvalue weighted by Gasteiger charge is 2.23. The summed E-state index contributed by atoms with van der Waals surface area (Å²) in [5, 5.41) is 0. The van der Waals surface area contributed by atoms with E-state index in [2.05, 4.69) is 11.1 Å². The average molecular weight is 383 g/mol. The predicted molar refractivity (Wildman–Crippen MR) is 98.4 cm³/mol. The quantitative estimate of drug-likeness (QED) is 0.570. The van der Waals surface area contributed by atoms with Gasteiger partial charge in [-0.15, -0.1) is 0 Å². The van der Waals surface area contributed by atoms with Crippen LogP contribution in [0.2, 0.25) is 0 Å². The number of hydrogen-bond acceptors (Lipinski definition) is 4. The highest BCUT2D eigenvalue weighted by Crippen LogP contribution is 2.33. The van der Waals surface area contributed by atoms with Crippen LogP contribution in [0.1, 0.15) is 42.4 Å². The molecule has 0 amide bonds. The Bertz CT molecular complexity index is 979. The van der Waals surface area contributed by atoms with Gasteiger partial charge in [-0.05, 0) is 42.5 Å². The maximum absolute atomic E-state index is 13.8. The Morgan fingerprint density at radius 2 is 1.93 bits per heavy atom. The number of ether oxygens (including phenoxy) is 1. The molecule has 0 fully saturated rings. The first kappa shape index (κ1) is 18.3. The molecule has 4 nitrogen and oxygen atoms in total. The van der Waals surface area contributed by atoms with Gasteiger partial charge in [0.05, 0.1) is 18.2 Å². The van der Waals surface area contributed by atoms with Crippen LogP contribution in [0, 0.1) is 11.6 Å². The molecule has 4 rings (SSSR count). The van der Waals surface area contributed by atoms with Gasteiger partial charge in [-0.1, -0.05) is 30.3 Å². The molecular weight excluding hydrogens is 364 g/mol. The molecule has 1 atom stereocenters. The minimum atomic E-state index is -0.724. The van der Waals surface area contributed by atoms with E-state index in [4.69, 9.17) is 9.15 Å². The van der Waals surface area contributed by atoms with Crippen molar-refractivity contribution in [3.63, 3.8) is 0 Å². The first-order valence-electron chi connectivity index (χ1n) is 9.28. The fourth-order valence-corrected chi connectivity index (χ4v) is 3.53. The lowest BCUT2D eigenvalue weighted by Crippen LogP contribution is -2.17. The van der Waals surface area contributed by atoms with Crippen molar-refractivity contribution in [3.05, 3.63) is 77.3 Å². The van der Waals surface area contributed by atoms with Crippen molar-refractivity contribution in [3.8, 4) is 11.3 Å². The number of aryl methyl sites for hydroxylation is 2. The van der Waals surface area contributed by atoms with E-state index in [-0.39, 0.29) is 42.1 Å². The van der Waals surface area contributed by atoms with Gasteiger partial charge in [0.15, 0.2) is 11.7 Å². The monoisotopic (exact) mass is 383 g/mol. The summed E-state index contributed by atoms with van der Waals surface area (Å²) < 4.78 is 38.7. The normalized spacial score (nSPS) is 15.9. The predicted octanol–water partition coefficient (Wildman–Crippen LogP) is 5.17. The molecule has 0 aliphatic heterocycles. The number of oxazole rings is 1. The van der Waals surface area contributed by atoms with Gasteiger partial charge < -0.3 is 9.15 Å². The molecule has 1 aliphatic carbocycles. The Morgan fingerprint density at radius 1 is 1.14 bits per heavy atom. The topological polar surface area (TPSA) is 52.3 Å². The van der Waals surface area contributed by atoms with Crippen LogP contribution in [0.3, 0.4) is 0 Å². The van der Waals surface area contributed by atoms with Gasteiger partial charge in [-0.2, -0.15) is 0 Å². The second-order valence-electron chi connectivity index (χ2n) is 6.78. The fraction of sp³-hybridized carbons (Fsp3) is 0.273. The maximum Gasteiger partial charge on any atom is 0.306 e. The minimum Gasteiger partial charge on any atom is -0.457 e. The zero-order valence-electron chi connectivity index (χ0n) is 15.2. The Kier molecular flexibility index (Phi) is 5.19. The lowest BCUT2D eigenvalue weighted by molar-refractivity contribution is -0.150. The van der Waals surface area contributed by atoms with Crippen molar-refractivity contribution in [2.45, 2.75) is 38.2 Å². The van der Waals surface area contributed by atoms with Crippen LogP contribution in [0.25, 0.3) is 11.3 Å². The number of hydrogen-bond donors (Lipinski definition) is 0. The molecular formula is C22H19F2NO3. The zero-order chi connectivity index (χ0) is 19.5. The highest BCUT2D eigenvalue weighted by molar-refractivity contribution is 5.70. The molecule has 3 aromatic rings. The summed E-state index contributed by atoms with van der Waals surface area (Å²) in [5.74, 6) is -1.56. The number of aromatic nitrogens is 1. The van der Waals surface area contributed by atoms with Crippen molar-refractivity contribution in [2.75, 3.05) is 0 Å².